The van der Waals surface area contributed by atoms with Gasteiger partial charge in [0.05, 0.1) is 18.4 Å². The Hall–Kier alpha value is -1.69. The van der Waals surface area contributed by atoms with E-state index in [1.165, 1.54) is 13.5 Å². The van der Waals surface area contributed by atoms with E-state index in [1.54, 1.807) is 0 Å². The van der Waals surface area contributed by atoms with E-state index >= 15 is 0 Å². The van der Waals surface area contributed by atoms with Crippen molar-refractivity contribution in [3.63, 3.8) is 0 Å². The zero-order chi connectivity index (χ0) is 20.4. The van der Waals surface area contributed by atoms with Gasteiger partial charge in [-0.05, 0) is 47.0 Å². The first kappa shape index (κ1) is 21.6. The molecule has 1 atom stereocenters. The minimum atomic E-state index is -0.848. The second-order valence-electron chi connectivity index (χ2n) is 9.30. The number of anilines is 1. The lowest BCUT2D eigenvalue weighted by Gasteiger charge is -2.33. The summed E-state index contributed by atoms with van der Waals surface area (Å²) in [4.78, 5) is 24.5. The summed E-state index contributed by atoms with van der Waals surface area (Å²) in [7, 11) is 1.39. The number of aryl methyl sites for hydroxylation is 1. The lowest BCUT2D eigenvalue weighted by atomic mass is 9.86. The number of hydrogen-bond donors (Lipinski definition) is 0. The molecule has 0 saturated carbocycles. The van der Waals surface area contributed by atoms with Crippen LogP contribution in [0.4, 0.5) is 5.95 Å². The van der Waals surface area contributed by atoms with Crippen LogP contribution in [0.25, 0.3) is 0 Å². The zero-order valence-electron chi connectivity index (χ0n) is 18.2. The molecule has 2 heterocycles. The number of ether oxygens (including phenoxy) is 2. The third kappa shape index (κ3) is 5.41. The van der Waals surface area contributed by atoms with Crippen LogP contribution in [-0.2, 0) is 19.7 Å². The Labute approximate surface area is 163 Å². The molecule has 1 aliphatic heterocycles. The quantitative estimate of drug-likeness (QED) is 0.736. The van der Waals surface area contributed by atoms with E-state index in [1.807, 2.05) is 27.7 Å². The minimum Gasteiger partial charge on any atom is -0.467 e. The lowest BCUT2D eigenvalue weighted by molar-refractivity contribution is -0.164. The summed E-state index contributed by atoms with van der Waals surface area (Å²) in [6, 6.07) is 0. The molecule has 1 unspecified atom stereocenters. The van der Waals surface area contributed by atoms with Gasteiger partial charge in [0.2, 0.25) is 5.95 Å². The molecule has 0 aliphatic carbocycles. The number of rotatable bonds is 4. The Morgan fingerprint density at radius 1 is 1.04 bits per heavy atom. The second kappa shape index (κ2) is 8.13. The molecule has 0 N–H and O–H groups in total. The summed E-state index contributed by atoms with van der Waals surface area (Å²) >= 11 is 0. The summed E-state index contributed by atoms with van der Waals surface area (Å²) in [5.74, 6) is 0.327. The van der Waals surface area contributed by atoms with Crippen molar-refractivity contribution in [3.8, 4) is 0 Å². The van der Waals surface area contributed by atoms with Crippen LogP contribution >= 0.6 is 0 Å². The molecule has 152 valence electrons. The number of aromatic nitrogens is 2. The SMILES string of the molecule is COC(=O)C(OC(C)(C)C)c1c(C)nc(N2CCCCC2)nc1C(C)(C)C. The van der Waals surface area contributed by atoms with Gasteiger partial charge >= 0.3 is 5.97 Å². The molecule has 0 bridgehead atoms. The van der Waals surface area contributed by atoms with Crippen molar-refractivity contribution >= 4 is 11.9 Å². The fourth-order valence-corrected chi connectivity index (χ4v) is 3.37. The Morgan fingerprint density at radius 3 is 2.11 bits per heavy atom. The van der Waals surface area contributed by atoms with Crippen molar-refractivity contribution in [2.24, 2.45) is 0 Å². The molecule has 6 heteroatoms. The number of carbonyl (C=O) groups excluding carboxylic acids is 1. The highest BCUT2D eigenvalue weighted by molar-refractivity contribution is 5.77. The minimum absolute atomic E-state index is 0.263. The van der Waals surface area contributed by atoms with Crippen LogP contribution in [0.2, 0.25) is 0 Å². The molecule has 1 saturated heterocycles. The fraction of sp³-hybridized carbons (Fsp3) is 0.762. The summed E-state index contributed by atoms with van der Waals surface area (Å²) in [6.07, 6.45) is 2.73. The van der Waals surface area contributed by atoms with E-state index in [-0.39, 0.29) is 5.41 Å². The number of hydrogen-bond acceptors (Lipinski definition) is 6. The number of methoxy groups -OCH3 is 1. The predicted octanol–water partition coefficient (Wildman–Crippen LogP) is 4.10. The van der Waals surface area contributed by atoms with E-state index in [0.29, 0.717) is 0 Å². The maximum absolute atomic E-state index is 12.6. The monoisotopic (exact) mass is 377 g/mol. The third-order valence-electron chi connectivity index (χ3n) is 4.62. The van der Waals surface area contributed by atoms with Gasteiger partial charge in [0.15, 0.2) is 6.10 Å². The molecule has 0 radical (unpaired) electrons. The molecule has 0 aromatic carbocycles. The van der Waals surface area contributed by atoms with Crippen molar-refractivity contribution in [2.75, 3.05) is 25.1 Å². The van der Waals surface area contributed by atoms with E-state index in [4.69, 9.17) is 19.4 Å². The van der Waals surface area contributed by atoms with Crippen LogP contribution in [0.5, 0.6) is 0 Å². The van der Waals surface area contributed by atoms with Crippen LogP contribution < -0.4 is 4.90 Å². The van der Waals surface area contributed by atoms with Gasteiger partial charge in [0.1, 0.15) is 0 Å². The fourth-order valence-electron chi connectivity index (χ4n) is 3.37. The Kier molecular flexibility index (Phi) is 6.51. The molecule has 1 aromatic rings. The lowest BCUT2D eigenvalue weighted by Crippen LogP contribution is -2.35. The van der Waals surface area contributed by atoms with Gasteiger partial charge in [0, 0.05) is 29.8 Å². The average molecular weight is 378 g/mol. The molecule has 0 amide bonds. The highest BCUT2D eigenvalue weighted by Crippen LogP contribution is 2.36. The highest BCUT2D eigenvalue weighted by atomic mass is 16.6. The number of esters is 1. The first-order valence-electron chi connectivity index (χ1n) is 9.83. The molecule has 2 rings (SSSR count). The van der Waals surface area contributed by atoms with Crippen LogP contribution in [0.3, 0.4) is 0 Å². The first-order chi connectivity index (χ1) is 12.4. The van der Waals surface area contributed by atoms with Crippen LogP contribution in [0, 0.1) is 6.92 Å². The van der Waals surface area contributed by atoms with E-state index in [2.05, 4.69) is 25.7 Å². The molecular weight excluding hydrogens is 342 g/mol. The van der Waals surface area contributed by atoms with E-state index in [9.17, 15) is 4.79 Å². The third-order valence-corrected chi connectivity index (χ3v) is 4.62. The molecular formula is C21H35N3O3. The number of carbonyl (C=O) groups is 1. The number of nitrogens with zero attached hydrogens (tertiary/aromatic N) is 3. The van der Waals surface area contributed by atoms with Crippen molar-refractivity contribution in [3.05, 3.63) is 17.0 Å². The highest BCUT2D eigenvalue weighted by Gasteiger charge is 2.36. The van der Waals surface area contributed by atoms with Gasteiger partial charge < -0.3 is 14.4 Å². The van der Waals surface area contributed by atoms with Gasteiger partial charge in [-0.1, -0.05) is 20.8 Å². The zero-order valence-corrected chi connectivity index (χ0v) is 18.2. The largest absolute Gasteiger partial charge is 0.467 e. The topological polar surface area (TPSA) is 64.6 Å². The van der Waals surface area contributed by atoms with Crippen LogP contribution in [0.15, 0.2) is 0 Å². The molecule has 1 aliphatic rings. The summed E-state index contributed by atoms with van der Waals surface area (Å²) in [6.45, 7) is 16.0. The van der Waals surface area contributed by atoms with Gasteiger partial charge in [-0.25, -0.2) is 14.8 Å². The summed E-state index contributed by atoms with van der Waals surface area (Å²) in [5.41, 5.74) is 1.57. The summed E-state index contributed by atoms with van der Waals surface area (Å²) < 4.78 is 11.2. The Morgan fingerprint density at radius 2 is 1.63 bits per heavy atom. The molecule has 1 fully saturated rings. The van der Waals surface area contributed by atoms with Crippen molar-refractivity contribution in [2.45, 2.75) is 84.8 Å². The van der Waals surface area contributed by atoms with Crippen molar-refractivity contribution in [1.82, 2.24) is 9.97 Å². The molecule has 6 nitrogen and oxygen atoms in total. The van der Waals surface area contributed by atoms with E-state index in [0.717, 1.165) is 48.8 Å². The van der Waals surface area contributed by atoms with Gasteiger partial charge in [-0.2, -0.15) is 0 Å². The van der Waals surface area contributed by atoms with Gasteiger partial charge in [-0.3, -0.25) is 0 Å². The normalized spacial score (nSPS) is 17.0. The standard InChI is InChI=1S/C21H35N3O3/c1-14-15(16(18(25)26-8)27-21(5,6)7)17(20(2,3)4)23-19(22-14)24-12-10-9-11-13-24/h16H,9-13H2,1-8H3. The molecule has 0 spiro atoms. The summed E-state index contributed by atoms with van der Waals surface area (Å²) in [5, 5.41) is 0. The van der Waals surface area contributed by atoms with Crippen LogP contribution in [-0.4, -0.2) is 41.7 Å². The van der Waals surface area contributed by atoms with Gasteiger partial charge in [-0.15, -0.1) is 0 Å². The first-order valence-corrected chi connectivity index (χ1v) is 9.83. The second-order valence-corrected chi connectivity index (χ2v) is 9.30. The Bertz CT molecular complexity index is 668. The van der Waals surface area contributed by atoms with Crippen LogP contribution in [0.1, 0.15) is 83.9 Å². The molecule has 1 aromatic heterocycles. The average Bonchev–Trinajstić information content (AvgIpc) is 2.57. The maximum atomic E-state index is 12.6. The van der Waals surface area contributed by atoms with Gasteiger partial charge in [0.25, 0.3) is 0 Å². The Balaban J connectivity index is 2.60. The smallest absolute Gasteiger partial charge is 0.339 e. The number of piperidine rings is 1. The van der Waals surface area contributed by atoms with Crippen molar-refractivity contribution < 1.29 is 14.3 Å². The maximum Gasteiger partial charge on any atom is 0.339 e. The predicted molar refractivity (Wildman–Crippen MR) is 107 cm³/mol. The van der Waals surface area contributed by atoms with E-state index < -0.39 is 17.7 Å². The van der Waals surface area contributed by atoms with Crippen molar-refractivity contribution in [1.29, 1.82) is 0 Å². The molecule has 27 heavy (non-hydrogen) atoms.